The van der Waals surface area contributed by atoms with Crippen LogP contribution in [0.1, 0.15) is 0 Å². The van der Waals surface area contributed by atoms with Gasteiger partial charge in [-0.1, -0.05) is 0 Å². The van der Waals surface area contributed by atoms with E-state index in [2.05, 4.69) is 20.6 Å². The van der Waals surface area contributed by atoms with Crippen molar-refractivity contribution in [3.05, 3.63) is 18.6 Å². The number of nitrogens with zero attached hydrogens (tertiary/aromatic N) is 2. The Morgan fingerprint density at radius 1 is 1.64 bits per heavy atom. The van der Waals surface area contributed by atoms with Crippen molar-refractivity contribution in [1.29, 1.82) is 0 Å². The number of urea groups is 1. The van der Waals surface area contributed by atoms with Crippen molar-refractivity contribution in [2.24, 2.45) is 0 Å². The molecule has 0 radical (unpaired) electrons. The molecule has 0 atom stereocenters. The molecule has 0 fully saturated rings. The molecule has 0 saturated heterocycles. The smallest absolute Gasteiger partial charge is 0.320 e. The van der Waals surface area contributed by atoms with E-state index < -0.39 is 0 Å². The molecule has 6 nitrogen and oxygen atoms in total. The van der Waals surface area contributed by atoms with Gasteiger partial charge in [-0.05, 0) is 6.07 Å². The molecule has 1 rings (SSSR count). The van der Waals surface area contributed by atoms with Crippen LogP contribution in [-0.4, -0.2) is 36.3 Å². The standard InChI is InChI=1S/C8H12N4O2/c1-14-5-4-10-8(13)12-7-2-3-9-6-11-7/h2-3,6H,4-5H2,1H3,(H2,9,10,11,12,13). The Morgan fingerprint density at radius 2 is 2.50 bits per heavy atom. The van der Waals surface area contributed by atoms with Gasteiger partial charge in [0, 0.05) is 19.9 Å². The molecule has 0 unspecified atom stereocenters. The van der Waals surface area contributed by atoms with Crippen LogP contribution in [0.4, 0.5) is 10.6 Å². The average Bonchev–Trinajstić information content (AvgIpc) is 2.20. The van der Waals surface area contributed by atoms with Crippen LogP contribution in [-0.2, 0) is 4.74 Å². The van der Waals surface area contributed by atoms with Gasteiger partial charge in [0.15, 0.2) is 0 Å². The molecule has 1 aromatic heterocycles. The topological polar surface area (TPSA) is 76.1 Å². The van der Waals surface area contributed by atoms with E-state index in [4.69, 9.17) is 4.74 Å². The van der Waals surface area contributed by atoms with E-state index in [0.717, 1.165) is 0 Å². The zero-order valence-electron chi connectivity index (χ0n) is 7.86. The zero-order chi connectivity index (χ0) is 10.2. The lowest BCUT2D eigenvalue weighted by Crippen LogP contribution is -2.31. The zero-order valence-corrected chi connectivity index (χ0v) is 7.86. The van der Waals surface area contributed by atoms with Crippen LogP contribution in [0.3, 0.4) is 0 Å². The van der Waals surface area contributed by atoms with Crippen LogP contribution in [0.2, 0.25) is 0 Å². The van der Waals surface area contributed by atoms with Gasteiger partial charge in [0.25, 0.3) is 0 Å². The minimum atomic E-state index is -0.305. The molecular weight excluding hydrogens is 184 g/mol. The summed E-state index contributed by atoms with van der Waals surface area (Å²) >= 11 is 0. The van der Waals surface area contributed by atoms with Gasteiger partial charge >= 0.3 is 6.03 Å². The predicted octanol–water partition coefficient (Wildman–Crippen LogP) is 0.244. The number of amides is 2. The average molecular weight is 196 g/mol. The number of ether oxygens (including phenoxy) is 1. The summed E-state index contributed by atoms with van der Waals surface area (Å²) in [5.41, 5.74) is 0. The van der Waals surface area contributed by atoms with Crippen LogP contribution in [0.15, 0.2) is 18.6 Å². The Labute approximate surface area is 81.7 Å². The van der Waals surface area contributed by atoms with Gasteiger partial charge in [0.2, 0.25) is 0 Å². The summed E-state index contributed by atoms with van der Waals surface area (Å²) in [6, 6.07) is 1.30. The van der Waals surface area contributed by atoms with Gasteiger partial charge in [0.1, 0.15) is 12.1 Å². The minimum absolute atomic E-state index is 0.305. The lowest BCUT2D eigenvalue weighted by atomic mass is 10.6. The molecular formula is C8H12N4O2. The van der Waals surface area contributed by atoms with Crippen molar-refractivity contribution < 1.29 is 9.53 Å². The highest BCUT2D eigenvalue weighted by Crippen LogP contribution is 1.96. The van der Waals surface area contributed by atoms with Gasteiger partial charge in [0.05, 0.1) is 6.61 Å². The van der Waals surface area contributed by atoms with Crippen molar-refractivity contribution in [1.82, 2.24) is 15.3 Å². The highest BCUT2D eigenvalue weighted by molar-refractivity contribution is 5.87. The molecule has 0 aromatic carbocycles. The summed E-state index contributed by atoms with van der Waals surface area (Å²) in [5.74, 6) is 0.468. The number of hydrogen-bond acceptors (Lipinski definition) is 4. The summed E-state index contributed by atoms with van der Waals surface area (Å²) in [5, 5.41) is 5.14. The lowest BCUT2D eigenvalue weighted by molar-refractivity contribution is 0.198. The van der Waals surface area contributed by atoms with Gasteiger partial charge in [-0.2, -0.15) is 0 Å². The monoisotopic (exact) mass is 196 g/mol. The molecule has 0 aliphatic carbocycles. The number of nitrogens with one attached hydrogen (secondary N) is 2. The Morgan fingerprint density at radius 3 is 3.14 bits per heavy atom. The van der Waals surface area contributed by atoms with E-state index in [9.17, 15) is 4.79 Å². The fourth-order valence-electron chi connectivity index (χ4n) is 0.792. The number of anilines is 1. The lowest BCUT2D eigenvalue weighted by Gasteiger charge is -2.05. The largest absolute Gasteiger partial charge is 0.383 e. The summed E-state index contributed by atoms with van der Waals surface area (Å²) in [4.78, 5) is 18.7. The van der Waals surface area contributed by atoms with E-state index in [1.54, 1.807) is 19.4 Å². The van der Waals surface area contributed by atoms with Gasteiger partial charge < -0.3 is 10.1 Å². The first-order valence-electron chi connectivity index (χ1n) is 4.12. The summed E-state index contributed by atoms with van der Waals surface area (Å²) in [7, 11) is 1.57. The van der Waals surface area contributed by atoms with Crippen LogP contribution < -0.4 is 10.6 Å². The first-order chi connectivity index (χ1) is 6.83. The van der Waals surface area contributed by atoms with Gasteiger partial charge in [-0.3, -0.25) is 5.32 Å². The molecule has 0 bridgehead atoms. The van der Waals surface area contributed by atoms with Gasteiger partial charge in [-0.15, -0.1) is 0 Å². The van der Waals surface area contributed by atoms with Crippen molar-refractivity contribution in [3.63, 3.8) is 0 Å². The summed E-state index contributed by atoms with van der Waals surface area (Å²) < 4.78 is 4.77. The Balaban J connectivity index is 2.27. The van der Waals surface area contributed by atoms with Crippen LogP contribution in [0.25, 0.3) is 0 Å². The normalized spacial score (nSPS) is 9.50. The second-order valence-electron chi connectivity index (χ2n) is 2.47. The number of aromatic nitrogens is 2. The van der Waals surface area contributed by atoms with Crippen molar-refractivity contribution in [2.45, 2.75) is 0 Å². The van der Waals surface area contributed by atoms with E-state index in [-0.39, 0.29) is 6.03 Å². The van der Waals surface area contributed by atoms with E-state index >= 15 is 0 Å². The van der Waals surface area contributed by atoms with Crippen LogP contribution >= 0.6 is 0 Å². The molecule has 6 heteroatoms. The summed E-state index contributed by atoms with van der Waals surface area (Å²) in [6.45, 7) is 0.949. The predicted molar refractivity (Wildman–Crippen MR) is 50.9 cm³/mol. The summed E-state index contributed by atoms with van der Waals surface area (Å²) in [6.07, 6.45) is 2.92. The van der Waals surface area contributed by atoms with Crippen molar-refractivity contribution >= 4 is 11.8 Å². The maximum absolute atomic E-state index is 11.1. The van der Waals surface area contributed by atoms with Crippen molar-refractivity contribution in [3.8, 4) is 0 Å². The third-order valence-corrected chi connectivity index (χ3v) is 1.42. The molecule has 2 amide bonds. The maximum Gasteiger partial charge on any atom is 0.320 e. The van der Waals surface area contributed by atoms with E-state index in [1.807, 2.05) is 0 Å². The van der Waals surface area contributed by atoms with Crippen molar-refractivity contribution in [2.75, 3.05) is 25.6 Å². The SMILES string of the molecule is COCCNC(=O)Nc1ccncn1. The van der Waals surface area contributed by atoms with E-state index in [1.165, 1.54) is 6.33 Å². The number of hydrogen-bond donors (Lipinski definition) is 2. The molecule has 76 valence electrons. The molecule has 0 aliphatic rings. The number of methoxy groups -OCH3 is 1. The number of rotatable bonds is 4. The highest BCUT2D eigenvalue weighted by Gasteiger charge is 1.99. The van der Waals surface area contributed by atoms with E-state index in [0.29, 0.717) is 19.0 Å². The van der Waals surface area contributed by atoms with Gasteiger partial charge in [-0.25, -0.2) is 14.8 Å². The molecule has 0 saturated carbocycles. The molecule has 1 aromatic rings. The first kappa shape index (κ1) is 10.4. The Kier molecular flexibility index (Phi) is 4.36. The van der Waals surface area contributed by atoms with Crippen LogP contribution in [0, 0.1) is 0 Å². The Bertz CT molecular complexity index is 278. The molecule has 14 heavy (non-hydrogen) atoms. The third kappa shape index (κ3) is 3.81. The molecule has 1 heterocycles. The Hall–Kier alpha value is -1.69. The molecule has 2 N–H and O–H groups in total. The molecule has 0 spiro atoms. The first-order valence-corrected chi connectivity index (χ1v) is 4.12. The fourth-order valence-corrected chi connectivity index (χ4v) is 0.792. The van der Waals surface area contributed by atoms with Crippen LogP contribution in [0.5, 0.6) is 0 Å². The maximum atomic E-state index is 11.1. The third-order valence-electron chi connectivity index (χ3n) is 1.42. The second kappa shape index (κ2) is 5.87. The fraction of sp³-hybridized carbons (Fsp3) is 0.375. The number of carbonyl (C=O) groups excluding carboxylic acids is 1. The highest BCUT2D eigenvalue weighted by atomic mass is 16.5. The number of carbonyl (C=O) groups is 1. The minimum Gasteiger partial charge on any atom is -0.383 e. The molecule has 0 aliphatic heterocycles. The second-order valence-corrected chi connectivity index (χ2v) is 2.47. The quantitative estimate of drug-likeness (QED) is 0.676.